The molecule has 1 aliphatic carbocycles. The number of halogens is 2. The number of imidazole rings is 1. The molecule has 1 atom stereocenters. The number of amides is 1. The number of carbonyl (C=O) groups is 1. The lowest BCUT2D eigenvalue weighted by molar-refractivity contribution is -0.129. The summed E-state index contributed by atoms with van der Waals surface area (Å²) in [6, 6.07) is 10.4. The maximum atomic E-state index is 15.5. The highest BCUT2D eigenvalue weighted by atomic mass is 35.5. The third-order valence-corrected chi connectivity index (χ3v) is 8.09. The molecule has 1 unspecified atom stereocenters. The van der Waals surface area contributed by atoms with Crippen LogP contribution in [0.3, 0.4) is 0 Å². The normalized spacial score (nSPS) is 17.9. The number of carbonyl (C=O) groups excluding carboxylic acids is 1. The van der Waals surface area contributed by atoms with E-state index in [1.54, 1.807) is 42.7 Å². The Labute approximate surface area is 246 Å². The second-order valence-corrected chi connectivity index (χ2v) is 11.2. The van der Waals surface area contributed by atoms with Gasteiger partial charge >= 0.3 is 6.01 Å². The first-order valence-electron chi connectivity index (χ1n) is 13.9. The first kappa shape index (κ1) is 28.0. The quantitative estimate of drug-likeness (QED) is 0.242. The fourth-order valence-electron chi connectivity index (χ4n) is 5.73. The number of fused-ring (bicyclic) bond motifs is 3. The molecule has 0 saturated heterocycles. The second kappa shape index (κ2) is 11.3. The van der Waals surface area contributed by atoms with Gasteiger partial charge in [0.25, 0.3) is 0 Å². The number of aliphatic hydroxyl groups is 1. The predicted octanol–water partition coefficient (Wildman–Crippen LogP) is 6.22. The molecular weight excluding hydrogens is 559 g/mol. The minimum absolute atomic E-state index is 0.0177. The maximum Gasteiger partial charge on any atom is 0.322 e. The largest absolute Gasteiger partial charge is 0.424 e. The summed E-state index contributed by atoms with van der Waals surface area (Å²) in [4.78, 5) is 29.6. The number of nitrogens with zero attached hydrogens (tertiary/aromatic N) is 5. The van der Waals surface area contributed by atoms with Crippen LogP contribution >= 0.6 is 11.6 Å². The number of aryl methyl sites for hydroxylation is 2. The summed E-state index contributed by atoms with van der Waals surface area (Å²) in [6.07, 6.45) is 5.47. The number of aromatic nitrogens is 5. The number of hydrogen-bond donors (Lipinski definition) is 2. The third-order valence-electron chi connectivity index (χ3n) is 7.78. The van der Waals surface area contributed by atoms with Crippen LogP contribution in [0.15, 0.2) is 48.8 Å². The SMILES string of the molecule is Cc1ccnc(Oc2ccc(-c3cc4c(cc3F)ncc3nc(C)n([C@H]5CC[C@H](NC(=O)C(C)O)CC5)c34)c(Cl)c2)n1. The van der Waals surface area contributed by atoms with E-state index in [0.29, 0.717) is 27.4 Å². The van der Waals surface area contributed by atoms with E-state index >= 15 is 4.39 Å². The zero-order valence-electron chi connectivity index (χ0n) is 23.4. The Bertz CT molecular complexity index is 1820. The van der Waals surface area contributed by atoms with Crippen molar-refractivity contribution in [2.75, 3.05) is 0 Å². The Balaban J connectivity index is 1.35. The molecule has 2 N–H and O–H groups in total. The van der Waals surface area contributed by atoms with Gasteiger partial charge in [0.2, 0.25) is 5.91 Å². The molecule has 2 aromatic carbocycles. The molecule has 9 nitrogen and oxygen atoms in total. The molecule has 6 rings (SSSR count). The molecule has 3 heterocycles. The Morgan fingerprint density at radius 2 is 1.86 bits per heavy atom. The van der Waals surface area contributed by atoms with Crippen molar-refractivity contribution in [2.24, 2.45) is 0 Å². The number of rotatable bonds is 6. The molecule has 216 valence electrons. The van der Waals surface area contributed by atoms with Crippen molar-refractivity contribution in [1.29, 1.82) is 0 Å². The molecule has 0 spiro atoms. The van der Waals surface area contributed by atoms with Crippen molar-refractivity contribution in [3.05, 3.63) is 71.2 Å². The van der Waals surface area contributed by atoms with Crippen LogP contribution in [-0.4, -0.2) is 47.7 Å². The lowest BCUT2D eigenvalue weighted by Crippen LogP contribution is -2.42. The summed E-state index contributed by atoms with van der Waals surface area (Å²) in [6.45, 7) is 5.27. The first-order chi connectivity index (χ1) is 20.2. The monoisotopic (exact) mass is 588 g/mol. The Kier molecular flexibility index (Phi) is 7.51. The van der Waals surface area contributed by atoms with Gasteiger partial charge in [0.05, 0.1) is 22.3 Å². The summed E-state index contributed by atoms with van der Waals surface area (Å²) in [5, 5.41) is 13.6. The van der Waals surface area contributed by atoms with Crippen molar-refractivity contribution >= 4 is 39.4 Å². The molecule has 0 radical (unpaired) electrons. The summed E-state index contributed by atoms with van der Waals surface area (Å²) in [5.74, 6) is 0.494. The van der Waals surface area contributed by atoms with E-state index in [-0.39, 0.29) is 24.0 Å². The summed E-state index contributed by atoms with van der Waals surface area (Å²) in [5.41, 5.74) is 3.78. The van der Waals surface area contributed by atoms with E-state index in [0.717, 1.165) is 53.6 Å². The van der Waals surface area contributed by atoms with Crippen LogP contribution in [0, 0.1) is 19.7 Å². The lowest BCUT2D eigenvalue weighted by Gasteiger charge is -2.31. The lowest BCUT2D eigenvalue weighted by atomic mass is 9.90. The average Bonchev–Trinajstić information content (AvgIpc) is 3.29. The number of ether oxygens (including phenoxy) is 1. The number of aliphatic hydroxyl groups excluding tert-OH is 1. The van der Waals surface area contributed by atoms with Crippen LogP contribution < -0.4 is 10.1 Å². The van der Waals surface area contributed by atoms with Crippen LogP contribution in [-0.2, 0) is 4.79 Å². The average molecular weight is 589 g/mol. The van der Waals surface area contributed by atoms with Gasteiger partial charge in [-0.15, -0.1) is 0 Å². The zero-order valence-corrected chi connectivity index (χ0v) is 24.2. The van der Waals surface area contributed by atoms with Crippen molar-refractivity contribution < 1.29 is 19.0 Å². The van der Waals surface area contributed by atoms with Crippen LogP contribution in [0.5, 0.6) is 11.8 Å². The molecule has 1 amide bonds. The minimum atomic E-state index is -1.03. The minimum Gasteiger partial charge on any atom is -0.424 e. The molecule has 1 saturated carbocycles. The van der Waals surface area contributed by atoms with E-state index < -0.39 is 11.9 Å². The smallest absolute Gasteiger partial charge is 0.322 e. The van der Waals surface area contributed by atoms with Gasteiger partial charge in [0.15, 0.2) is 0 Å². The standard InChI is InChI=1S/C31H30ClFN6O3/c1-16-10-11-34-31(36-16)42-21-8-9-22(25(32)12-21)23-13-24-27(14-26(23)33)35-15-28-29(24)39(18(3)37-28)20-6-4-19(5-7-20)38-30(41)17(2)40/h8-15,17,19-20,40H,4-7H2,1-3H3,(H,38,41)/t17?,19-,20-. The molecule has 0 aliphatic heterocycles. The molecule has 1 aliphatic rings. The topological polar surface area (TPSA) is 115 Å². The van der Waals surface area contributed by atoms with Crippen molar-refractivity contribution in [2.45, 2.75) is 64.6 Å². The van der Waals surface area contributed by atoms with Gasteiger partial charge in [-0.3, -0.25) is 9.78 Å². The highest BCUT2D eigenvalue weighted by molar-refractivity contribution is 6.33. The van der Waals surface area contributed by atoms with Gasteiger partial charge in [-0.25, -0.2) is 19.3 Å². The van der Waals surface area contributed by atoms with Crippen molar-refractivity contribution in [3.8, 4) is 22.9 Å². The summed E-state index contributed by atoms with van der Waals surface area (Å²) >= 11 is 6.66. The van der Waals surface area contributed by atoms with Gasteiger partial charge in [-0.2, -0.15) is 0 Å². The molecule has 0 bridgehead atoms. The Hall–Kier alpha value is -4.15. The molecule has 3 aromatic heterocycles. The highest BCUT2D eigenvalue weighted by Crippen LogP contribution is 2.39. The van der Waals surface area contributed by atoms with E-state index in [1.807, 2.05) is 13.8 Å². The van der Waals surface area contributed by atoms with Gasteiger partial charge in [0.1, 0.15) is 29.0 Å². The third kappa shape index (κ3) is 5.39. The summed E-state index contributed by atoms with van der Waals surface area (Å²) in [7, 11) is 0. The first-order valence-corrected chi connectivity index (χ1v) is 14.3. The molecule has 11 heteroatoms. The molecule has 5 aromatic rings. The van der Waals surface area contributed by atoms with Crippen molar-refractivity contribution in [3.63, 3.8) is 0 Å². The van der Waals surface area contributed by atoms with Crippen LogP contribution in [0.25, 0.3) is 33.1 Å². The fraction of sp³-hybridized carbons (Fsp3) is 0.323. The number of benzene rings is 2. The van der Waals surface area contributed by atoms with Crippen LogP contribution in [0.4, 0.5) is 4.39 Å². The molecule has 42 heavy (non-hydrogen) atoms. The van der Waals surface area contributed by atoms with Crippen molar-refractivity contribution in [1.82, 2.24) is 29.8 Å². The summed E-state index contributed by atoms with van der Waals surface area (Å²) < 4.78 is 23.5. The van der Waals surface area contributed by atoms with Gasteiger partial charge in [0, 0.05) is 52.6 Å². The highest BCUT2D eigenvalue weighted by Gasteiger charge is 2.27. The van der Waals surface area contributed by atoms with Gasteiger partial charge in [-0.05, 0) is 70.7 Å². The fourth-order valence-corrected chi connectivity index (χ4v) is 6.00. The van der Waals surface area contributed by atoms with Gasteiger partial charge in [-0.1, -0.05) is 11.6 Å². The second-order valence-electron chi connectivity index (χ2n) is 10.8. The number of hydrogen-bond acceptors (Lipinski definition) is 7. The van der Waals surface area contributed by atoms with E-state index in [9.17, 15) is 9.90 Å². The number of nitrogens with one attached hydrogen (secondary N) is 1. The molecular formula is C31H30ClFN6O3. The zero-order chi connectivity index (χ0) is 29.5. The van der Waals surface area contributed by atoms with E-state index in [4.69, 9.17) is 21.3 Å². The van der Waals surface area contributed by atoms with Crippen LogP contribution in [0.1, 0.15) is 50.2 Å². The van der Waals surface area contributed by atoms with Crippen LogP contribution in [0.2, 0.25) is 5.02 Å². The Morgan fingerprint density at radius 3 is 2.57 bits per heavy atom. The number of pyridine rings is 1. The maximum absolute atomic E-state index is 15.5. The Morgan fingerprint density at radius 1 is 1.07 bits per heavy atom. The van der Waals surface area contributed by atoms with Gasteiger partial charge < -0.3 is 19.7 Å². The van der Waals surface area contributed by atoms with E-state index in [2.05, 4.69) is 24.8 Å². The molecule has 1 fully saturated rings. The van der Waals surface area contributed by atoms with E-state index in [1.165, 1.54) is 13.0 Å². The predicted molar refractivity (Wildman–Crippen MR) is 158 cm³/mol.